The summed E-state index contributed by atoms with van der Waals surface area (Å²) in [5, 5.41) is 15.3. The Morgan fingerprint density at radius 3 is 2.27 bits per heavy atom. The van der Waals surface area contributed by atoms with E-state index in [0.717, 1.165) is 61.8 Å². The summed E-state index contributed by atoms with van der Waals surface area (Å²) in [5.74, 6) is -3.75. The molecule has 1 amide bonds. The van der Waals surface area contributed by atoms with Crippen LogP contribution in [0.2, 0.25) is 0 Å². The SMILES string of the molecule is CO/N=C(\C(=O)C[C@@H]1C(=O)N2C(C(=O)OCCCCCCCCCCOC(=O)c3cn4c5c(c(N6CCC(O)CC6)c(F)cc5c3=O)CCC4C)=C(COC(C)=O)CSC12)c1csc(N)n1. The molecular weight excluding hydrogens is 896 g/mol. The molecule has 66 heavy (non-hydrogen) atoms. The number of thioether (sulfide) groups is 1. The van der Waals surface area contributed by atoms with E-state index >= 15 is 4.39 Å². The number of aromatic nitrogens is 2. The van der Waals surface area contributed by atoms with Gasteiger partial charge in [-0.25, -0.2) is 19.0 Å². The highest BCUT2D eigenvalue weighted by Gasteiger charge is 2.54. The summed E-state index contributed by atoms with van der Waals surface area (Å²) in [6.07, 6.45) is 10.0. The molecule has 4 aliphatic heterocycles. The number of ether oxygens (including phenoxy) is 3. The van der Waals surface area contributed by atoms with Crippen molar-refractivity contribution < 1.29 is 52.5 Å². The van der Waals surface area contributed by atoms with Gasteiger partial charge in [0.2, 0.25) is 11.3 Å². The topological polar surface area (TPSA) is 222 Å². The summed E-state index contributed by atoms with van der Waals surface area (Å²) in [6, 6.07) is 1.26. The number of hydrogen-bond acceptors (Lipinski definition) is 17. The lowest BCUT2D eigenvalue weighted by molar-refractivity contribution is -0.155. The highest BCUT2D eigenvalue weighted by Crippen LogP contribution is 2.46. The first kappa shape index (κ1) is 48.6. The van der Waals surface area contributed by atoms with Crippen molar-refractivity contribution in [3.05, 3.63) is 61.8 Å². The van der Waals surface area contributed by atoms with E-state index < -0.39 is 58.2 Å². The van der Waals surface area contributed by atoms with E-state index in [9.17, 15) is 33.9 Å². The number of aliphatic hydroxyl groups is 1. The second kappa shape index (κ2) is 22.0. The first-order chi connectivity index (χ1) is 31.8. The number of β-lactam (4-membered cyclic amide) rings is 1. The predicted octanol–water partition coefficient (Wildman–Crippen LogP) is 5.83. The Bertz CT molecular complexity index is 2460. The van der Waals surface area contributed by atoms with E-state index in [1.807, 2.05) is 16.4 Å². The molecule has 0 radical (unpaired) electrons. The van der Waals surface area contributed by atoms with Crippen molar-refractivity contribution in [1.82, 2.24) is 14.5 Å². The number of carbonyl (C=O) groups is 5. The van der Waals surface area contributed by atoms with Gasteiger partial charge in [0.25, 0.3) is 0 Å². The number of pyridine rings is 1. The molecule has 4 aliphatic rings. The molecular formula is C46H57FN6O11S2. The smallest absolute Gasteiger partial charge is 0.355 e. The van der Waals surface area contributed by atoms with Crippen molar-refractivity contribution in [2.24, 2.45) is 11.1 Å². The maximum atomic E-state index is 15.7. The van der Waals surface area contributed by atoms with Gasteiger partial charge in [-0.3, -0.25) is 24.1 Å². The minimum absolute atomic E-state index is 0.00382. The number of nitrogens with two attached hydrogens (primary N) is 1. The number of amides is 1. The zero-order chi connectivity index (χ0) is 47.1. The molecule has 2 unspecified atom stereocenters. The number of ketones is 1. The molecule has 356 valence electrons. The minimum Gasteiger partial charge on any atom is -0.462 e. The van der Waals surface area contributed by atoms with E-state index in [1.165, 1.54) is 36.8 Å². The van der Waals surface area contributed by atoms with Crippen LogP contribution >= 0.6 is 23.1 Å². The van der Waals surface area contributed by atoms with Crippen LogP contribution in [0.3, 0.4) is 0 Å². The van der Waals surface area contributed by atoms with Crippen LogP contribution in [0.25, 0.3) is 10.9 Å². The van der Waals surface area contributed by atoms with Crippen LogP contribution in [0.15, 0.2) is 38.9 Å². The second-order valence-electron chi connectivity index (χ2n) is 17.1. The number of thiazole rings is 1. The van der Waals surface area contributed by atoms with Gasteiger partial charge in [0.1, 0.15) is 36.5 Å². The zero-order valence-electron chi connectivity index (χ0n) is 37.5. The number of fused-ring (bicyclic) bond motifs is 1. The normalized spacial score (nSPS) is 19.7. The number of anilines is 2. The van der Waals surface area contributed by atoms with Gasteiger partial charge < -0.3 is 39.4 Å². The molecule has 6 heterocycles. The molecule has 0 saturated carbocycles. The summed E-state index contributed by atoms with van der Waals surface area (Å²) in [5.41, 5.74) is 7.72. The molecule has 0 aliphatic carbocycles. The number of piperidine rings is 1. The molecule has 2 aromatic heterocycles. The van der Waals surface area contributed by atoms with Crippen LogP contribution in [0.1, 0.15) is 119 Å². The van der Waals surface area contributed by atoms with Gasteiger partial charge in [-0.1, -0.05) is 43.7 Å². The minimum atomic E-state index is -0.731. The van der Waals surface area contributed by atoms with Crippen LogP contribution in [0.4, 0.5) is 15.2 Å². The maximum Gasteiger partial charge on any atom is 0.355 e. The van der Waals surface area contributed by atoms with E-state index in [4.69, 9.17) is 24.8 Å². The van der Waals surface area contributed by atoms with E-state index in [-0.39, 0.29) is 65.5 Å². The van der Waals surface area contributed by atoms with Crippen molar-refractivity contribution in [2.75, 3.05) is 56.4 Å². The average molecular weight is 953 g/mol. The van der Waals surface area contributed by atoms with Crippen LogP contribution < -0.4 is 16.1 Å². The number of oxime groups is 1. The molecule has 3 aromatic rings. The Hall–Kier alpha value is -5.34. The Morgan fingerprint density at radius 2 is 1.64 bits per heavy atom. The van der Waals surface area contributed by atoms with Crippen LogP contribution in [-0.2, 0) is 44.6 Å². The number of nitrogens with zero attached hydrogens (tertiary/aromatic N) is 5. The van der Waals surface area contributed by atoms with Crippen molar-refractivity contribution >= 4 is 80.1 Å². The van der Waals surface area contributed by atoms with Crippen molar-refractivity contribution in [2.45, 2.75) is 115 Å². The number of aliphatic hydroxyl groups excluding tert-OH is 1. The highest BCUT2D eigenvalue weighted by atomic mass is 32.2. The molecule has 20 heteroatoms. The lowest BCUT2D eigenvalue weighted by atomic mass is 9.89. The van der Waals surface area contributed by atoms with E-state index in [1.54, 1.807) is 11.6 Å². The number of benzene rings is 1. The third-order valence-electron chi connectivity index (χ3n) is 12.5. The highest BCUT2D eigenvalue weighted by molar-refractivity contribution is 8.00. The Labute approximate surface area is 389 Å². The number of aryl methyl sites for hydroxylation is 1. The number of hydrogen-bond donors (Lipinski definition) is 2. The Kier molecular flexibility index (Phi) is 16.2. The number of rotatable bonds is 21. The quantitative estimate of drug-likeness (QED) is 0.0320. The van der Waals surface area contributed by atoms with Crippen LogP contribution in [0.5, 0.6) is 0 Å². The van der Waals surface area contributed by atoms with Crippen LogP contribution in [0, 0.1) is 11.7 Å². The second-order valence-corrected chi connectivity index (χ2v) is 19.1. The van der Waals surface area contributed by atoms with E-state index in [2.05, 4.69) is 10.1 Å². The molecule has 7 rings (SSSR count). The number of halogens is 1. The van der Waals surface area contributed by atoms with Gasteiger partial charge in [-0.05, 0) is 51.5 Å². The number of nitrogen functional groups attached to an aromatic ring is 1. The van der Waals surface area contributed by atoms with Gasteiger partial charge in [-0.2, -0.15) is 0 Å². The molecule has 3 N–H and O–H groups in total. The number of unbranched alkanes of at least 4 members (excludes halogenated alkanes) is 7. The standard InChI is InChI=1S/C46H57FN6O11S2/c1-26-12-13-30-39-31(20-34(47)40(30)51-16-14-29(55)15-17-51)41(57)33(22-52(26)39)44(59)62-18-10-8-6-4-5-7-9-11-19-63-45(60)38-28(23-64-27(2)54)24-65-43-32(42(58)53(38)43)21-36(56)37(50-61-3)35-25-66-46(48)49-35/h20,22,25-26,29,32,43,55H,4-19,21,23-24H2,1-3H3,(H2,48,49)/b50-37-/t26?,32-,43?/m1/s1. The first-order valence-corrected chi connectivity index (χ1v) is 24.5. The molecule has 2 fully saturated rings. The fraction of sp³-hybridized carbons (Fsp3) is 0.565. The fourth-order valence-electron chi connectivity index (χ4n) is 9.08. The van der Waals surface area contributed by atoms with Gasteiger partial charge >= 0.3 is 17.9 Å². The van der Waals surface area contributed by atoms with Gasteiger partial charge in [0, 0.05) is 66.3 Å². The van der Waals surface area contributed by atoms with Gasteiger partial charge in [-0.15, -0.1) is 23.1 Å². The van der Waals surface area contributed by atoms with Crippen molar-refractivity contribution in [3.8, 4) is 0 Å². The maximum absolute atomic E-state index is 15.7. The third kappa shape index (κ3) is 10.8. The zero-order valence-corrected chi connectivity index (χ0v) is 39.1. The monoisotopic (exact) mass is 952 g/mol. The summed E-state index contributed by atoms with van der Waals surface area (Å²) in [4.78, 5) is 91.0. The third-order valence-corrected chi connectivity index (χ3v) is 14.6. The first-order valence-electron chi connectivity index (χ1n) is 22.6. The van der Waals surface area contributed by atoms with Gasteiger partial charge in [0.15, 0.2) is 16.6 Å². The molecule has 1 aromatic carbocycles. The Balaban J connectivity index is 0.824. The summed E-state index contributed by atoms with van der Waals surface area (Å²) >= 11 is 2.51. The fourth-order valence-corrected chi connectivity index (χ4v) is 11.0. The molecule has 3 atom stereocenters. The van der Waals surface area contributed by atoms with Crippen molar-refractivity contribution in [3.63, 3.8) is 0 Å². The molecule has 17 nitrogen and oxygen atoms in total. The summed E-state index contributed by atoms with van der Waals surface area (Å²) in [6.45, 7) is 4.46. The average Bonchev–Trinajstić information content (AvgIpc) is 3.73. The summed E-state index contributed by atoms with van der Waals surface area (Å²) in [7, 11) is 1.30. The molecule has 0 spiro atoms. The number of esters is 3. The van der Waals surface area contributed by atoms with Gasteiger partial charge in [0.05, 0.1) is 41.8 Å². The number of Topliss-reactive ketones (excluding diaryl/α,β-unsaturated/α-hetero) is 1. The number of carbonyl (C=O) groups excluding carboxylic acids is 5. The largest absolute Gasteiger partial charge is 0.462 e. The lowest BCUT2D eigenvalue weighted by Gasteiger charge is -2.49. The van der Waals surface area contributed by atoms with E-state index in [0.29, 0.717) is 67.7 Å². The molecule has 2 saturated heterocycles. The lowest BCUT2D eigenvalue weighted by Crippen LogP contribution is -2.62. The Morgan fingerprint density at radius 1 is 0.970 bits per heavy atom. The van der Waals surface area contributed by atoms with Crippen molar-refractivity contribution in [1.29, 1.82) is 0 Å². The molecule has 0 bridgehead atoms. The van der Waals surface area contributed by atoms with Crippen LogP contribution in [-0.4, -0.2) is 112 Å². The predicted molar refractivity (Wildman–Crippen MR) is 247 cm³/mol. The summed E-state index contributed by atoms with van der Waals surface area (Å²) < 4.78 is 34.0.